The molecule has 4 atom stereocenters. The lowest BCUT2D eigenvalue weighted by molar-refractivity contribution is 0.0997. The van der Waals surface area contributed by atoms with Gasteiger partial charge in [0, 0.05) is 34.9 Å². The summed E-state index contributed by atoms with van der Waals surface area (Å²) in [5, 5.41) is 3.05. The van der Waals surface area contributed by atoms with E-state index in [1.54, 1.807) is 12.1 Å². The molecule has 5 nitrogen and oxygen atoms in total. The van der Waals surface area contributed by atoms with Gasteiger partial charge in [0.15, 0.2) is 0 Å². The van der Waals surface area contributed by atoms with Crippen LogP contribution < -0.4 is 11.1 Å². The number of hydrogen-bond acceptors (Lipinski definition) is 3. The molecule has 0 radical (unpaired) electrons. The number of carbonyl (C=O) groups is 2. The molecule has 4 aliphatic rings. The van der Waals surface area contributed by atoms with Gasteiger partial charge in [-0.3, -0.25) is 14.5 Å². The van der Waals surface area contributed by atoms with Gasteiger partial charge in [0.05, 0.1) is 0 Å². The third-order valence-electron chi connectivity index (χ3n) is 8.75. The monoisotopic (exact) mass is 463 g/mol. The van der Waals surface area contributed by atoms with Crippen LogP contribution in [0.1, 0.15) is 63.4 Å². The average molecular weight is 464 g/mol. The van der Waals surface area contributed by atoms with E-state index < -0.39 is 5.91 Å². The van der Waals surface area contributed by atoms with Gasteiger partial charge in [-0.1, -0.05) is 30.3 Å². The van der Waals surface area contributed by atoms with Crippen molar-refractivity contribution in [3.05, 3.63) is 89.0 Å². The van der Waals surface area contributed by atoms with Crippen molar-refractivity contribution in [3.8, 4) is 11.1 Å². The van der Waals surface area contributed by atoms with E-state index in [0.29, 0.717) is 17.0 Å². The van der Waals surface area contributed by atoms with Crippen LogP contribution in [0, 0.1) is 5.92 Å². The fourth-order valence-electron chi connectivity index (χ4n) is 6.69. The lowest BCUT2D eigenvalue weighted by Crippen LogP contribution is -2.29. The van der Waals surface area contributed by atoms with Gasteiger partial charge >= 0.3 is 0 Å². The zero-order chi connectivity index (χ0) is 23.7. The number of likely N-dealkylation sites (tertiary alicyclic amines) is 1. The highest BCUT2D eigenvalue weighted by atomic mass is 16.2. The molecule has 35 heavy (non-hydrogen) atoms. The summed E-state index contributed by atoms with van der Waals surface area (Å²) < 4.78 is 0. The Balaban J connectivity index is 1.04. The summed E-state index contributed by atoms with van der Waals surface area (Å²) in [6, 6.07) is 22.1. The second-order valence-electron chi connectivity index (χ2n) is 10.9. The maximum atomic E-state index is 13.1. The molecule has 7 rings (SSSR count). The van der Waals surface area contributed by atoms with E-state index in [1.807, 2.05) is 42.5 Å². The Morgan fingerprint density at radius 1 is 0.943 bits per heavy atom. The molecule has 2 bridgehead atoms. The SMILES string of the molecule is NC(=O)c1ccc(-c2ccc(NC(=O)c3ccc4c(c3)C3CC5N(CC6CC6)C5(C4)C3)cc2)cc1. The van der Waals surface area contributed by atoms with Crippen molar-refractivity contribution in [3.63, 3.8) is 0 Å². The van der Waals surface area contributed by atoms with Crippen LogP contribution >= 0.6 is 0 Å². The Bertz CT molecular complexity index is 1340. The van der Waals surface area contributed by atoms with Gasteiger partial charge in [-0.15, -0.1) is 0 Å². The molecule has 2 amide bonds. The first kappa shape index (κ1) is 20.9. The maximum absolute atomic E-state index is 13.1. The largest absolute Gasteiger partial charge is 0.366 e. The van der Waals surface area contributed by atoms with Gasteiger partial charge in [0.1, 0.15) is 0 Å². The Morgan fingerprint density at radius 2 is 1.63 bits per heavy atom. The summed E-state index contributed by atoms with van der Waals surface area (Å²) in [4.78, 5) is 27.1. The van der Waals surface area contributed by atoms with Gasteiger partial charge < -0.3 is 11.1 Å². The van der Waals surface area contributed by atoms with E-state index in [2.05, 4.69) is 22.3 Å². The minimum atomic E-state index is -0.434. The smallest absolute Gasteiger partial charge is 0.255 e. The zero-order valence-corrected chi connectivity index (χ0v) is 19.7. The highest BCUT2D eigenvalue weighted by Gasteiger charge is 2.69. The number of anilines is 1. The van der Waals surface area contributed by atoms with E-state index in [1.165, 1.54) is 43.4 Å². The van der Waals surface area contributed by atoms with Crippen LogP contribution in [0.5, 0.6) is 0 Å². The molecule has 3 aromatic rings. The molecular formula is C30H29N3O2. The number of amides is 2. The molecule has 1 saturated heterocycles. The van der Waals surface area contributed by atoms with Crippen molar-refractivity contribution < 1.29 is 9.59 Å². The Hall–Kier alpha value is -3.44. The van der Waals surface area contributed by atoms with Crippen molar-refractivity contribution in [2.45, 2.75) is 49.6 Å². The first-order valence-electron chi connectivity index (χ1n) is 12.7. The first-order chi connectivity index (χ1) is 17.0. The van der Waals surface area contributed by atoms with Crippen molar-refractivity contribution in [2.75, 3.05) is 11.9 Å². The lowest BCUT2D eigenvalue weighted by Gasteiger charge is -2.30. The van der Waals surface area contributed by atoms with Crippen LogP contribution in [-0.4, -0.2) is 34.8 Å². The van der Waals surface area contributed by atoms with Crippen molar-refractivity contribution in [2.24, 2.45) is 11.7 Å². The molecule has 1 aliphatic heterocycles. The van der Waals surface area contributed by atoms with Crippen molar-refractivity contribution >= 4 is 17.5 Å². The predicted octanol–water partition coefficient (Wildman–Crippen LogP) is 4.97. The molecule has 176 valence electrons. The standard InChI is InChI=1S/C30H29N3O2/c31-28(34)21-5-3-19(4-6-21)20-9-11-25(12-10-20)32-29(35)22-7-8-23-15-30-16-24(26(23)13-22)14-27(30)33(30)17-18-1-2-18/h3-13,18,24,27H,1-2,14-17H2,(H2,31,34)(H,32,35). The van der Waals surface area contributed by atoms with E-state index in [-0.39, 0.29) is 5.91 Å². The predicted molar refractivity (Wildman–Crippen MR) is 136 cm³/mol. The molecule has 3 aromatic carbocycles. The van der Waals surface area contributed by atoms with Crippen LogP contribution in [0.3, 0.4) is 0 Å². The Morgan fingerprint density at radius 3 is 2.31 bits per heavy atom. The molecule has 2 saturated carbocycles. The number of nitrogens with zero attached hydrogens (tertiary/aromatic N) is 1. The topological polar surface area (TPSA) is 75.2 Å². The van der Waals surface area contributed by atoms with Crippen LogP contribution in [0.25, 0.3) is 11.1 Å². The Kier molecular flexibility index (Phi) is 4.49. The zero-order valence-electron chi connectivity index (χ0n) is 19.7. The number of benzene rings is 3. The summed E-state index contributed by atoms with van der Waals surface area (Å²) in [7, 11) is 0. The molecule has 5 heteroatoms. The molecule has 1 heterocycles. The highest BCUT2D eigenvalue weighted by Crippen LogP contribution is 2.64. The van der Waals surface area contributed by atoms with Gasteiger partial charge in [0.25, 0.3) is 5.91 Å². The van der Waals surface area contributed by atoms with Gasteiger partial charge in [-0.2, -0.15) is 0 Å². The lowest BCUT2D eigenvalue weighted by atomic mass is 9.80. The maximum Gasteiger partial charge on any atom is 0.255 e. The molecular weight excluding hydrogens is 434 g/mol. The second-order valence-corrected chi connectivity index (χ2v) is 10.9. The van der Waals surface area contributed by atoms with E-state index in [9.17, 15) is 9.59 Å². The average Bonchev–Trinajstić information content (AvgIpc) is 3.76. The summed E-state index contributed by atoms with van der Waals surface area (Å²) in [6.45, 7) is 1.31. The van der Waals surface area contributed by atoms with E-state index in [4.69, 9.17) is 5.73 Å². The van der Waals surface area contributed by atoms with E-state index in [0.717, 1.165) is 40.8 Å². The number of hydrogen-bond donors (Lipinski definition) is 2. The third kappa shape index (κ3) is 3.49. The van der Waals surface area contributed by atoms with Crippen molar-refractivity contribution in [1.29, 1.82) is 0 Å². The number of rotatable bonds is 6. The van der Waals surface area contributed by atoms with Gasteiger partial charge in [-0.05, 0) is 103 Å². The van der Waals surface area contributed by atoms with E-state index >= 15 is 0 Å². The minimum Gasteiger partial charge on any atom is -0.366 e. The highest BCUT2D eigenvalue weighted by molar-refractivity contribution is 6.04. The fourth-order valence-corrected chi connectivity index (χ4v) is 6.69. The normalized spacial score (nSPS) is 27.6. The number of carbonyl (C=O) groups excluding carboxylic acids is 2. The summed E-state index contributed by atoms with van der Waals surface area (Å²) >= 11 is 0. The molecule has 3 fully saturated rings. The summed E-state index contributed by atoms with van der Waals surface area (Å²) in [5.41, 5.74) is 12.6. The second kappa shape index (κ2) is 7.53. The van der Waals surface area contributed by atoms with Crippen molar-refractivity contribution in [1.82, 2.24) is 4.90 Å². The first-order valence-corrected chi connectivity index (χ1v) is 12.7. The quantitative estimate of drug-likeness (QED) is 0.507. The summed E-state index contributed by atoms with van der Waals surface area (Å²) in [6.07, 6.45) is 6.52. The molecule has 4 unspecified atom stereocenters. The van der Waals surface area contributed by atoms with Gasteiger partial charge in [0.2, 0.25) is 5.91 Å². The minimum absolute atomic E-state index is 0.0647. The molecule has 1 spiro atoms. The van der Waals surface area contributed by atoms with Crippen LogP contribution in [0.2, 0.25) is 0 Å². The Labute approximate surface area is 205 Å². The third-order valence-corrected chi connectivity index (χ3v) is 8.75. The van der Waals surface area contributed by atoms with Crippen LogP contribution in [0.15, 0.2) is 66.7 Å². The number of primary amides is 1. The van der Waals surface area contributed by atoms with Gasteiger partial charge in [-0.25, -0.2) is 0 Å². The molecule has 0 aromatic heterocycles. The summed E-state index contributed by atoms with van der Waals surface area (Å²) in [5.74, 6) is 1.06. The van der Waals surface area contributed by atoms with Crippen LogP contribution in [0.4, 0.5) is 5.69 Å². The molecule has 3 N–H and O–H groups in total. The number of piperidine rings is 1. The fraction of sp³-hybridized carbons (Fsp3) is 0.333. The molecule has 3 aliphatic carbocycles. The van der Waals surface area contributed by atoms with Crippen LogP contribution in [-0.2, 0) is 6.42 Å². The number of nitrogens with one attached hydrogen (secondary N) is 1. The number of nitrogens with two attached hydrogens (primary N) is 1. The number of fused-ring (bicyclic) bond motifs is 3.